The van der Waals surface area contributed by atoms with E-state index in [1.165, 1.54) is 37.7 Å². The highest BCUT2D eigenvalue weighted by Gasteiger charge is 2.33. The van der Waals surface area contributed by atoms with Gasteiger partial charge in [-0.3, -0.25) is 0 Å². The standard InChI is InChI=1S/C16H22ClN/c1-11-3-2-4-16(11)18-15-9-13(10-15)12-5-7-14(17)8-6-12/h5-8,11,13,15-16,18H,2-4,9-10H2,1H3. The zero-order chi connectivity index (χ0) is 12.5. The lowest BCUT2D eigenvalue weighted by molar-refractivity contribution is 0.247. The molecule has 0 heterocycles. The van der Waals surface area contributed by atoms with Crippen molar-refractivity contribution in [1.29, 1.82) is 0 Å². The molecule has 18 heavy (non-hydrogen) atoms. The van der Waals surface area contributed by atoms with Crippen LogP contribution in [0, 0.1) is 5.92 Å². The molecular weight excluding hydrogens is 242 g/mol. The fraction of sp³-hybridized carbons (Fsp3) is 0.625. The maximum atomic E-state index is 5.92. The van der Waals surface area contributed by atoms with Crippen molar-refractivity contribution in [2.45, 2.75) is 57.0 Å². The summed E-state index contributed by atoms with van der Waals surface area (Å²) in [5.41, 5.74) is 1.46. The number of nitrogens with one attached hydrogen (secondary N) is 1. The van der Waals surface area contributed by atoms with Gasteiger partial charge in [-0.25, -0.2) is 0 Å². The topological polar surface area (TPSA) is 12.0 Å². The summed E-state index contributed by atoms with van der Waals surface area (Å²) in [6, 6.07) is 9.91. The lowest BCUT2D eigenvalue weighted by Gasteiger charge is -2.39. The van der Waals surface area contributed by atoms with Gasteiger partial charge in [-0.2, -0.15) is 0 Å². The molecule has 2 heteroatoms. The maximum absolute atomic E-state index is 5.92. The van der Waals surface area contributed by atoms with Crippen molar-refractivity contribution < 1.29 is 0 Å². The molecule has 3 rings (SSSR count). The molecule has 1 nitrogen and oxygen atoms in total. The van der Waals surface area contributed by atoms with Gasteiger partial charge in [0.2, 0.25) is 0 Å². The lowest BCUT2D eigenvalue weighted by atomic mass is 9.75. The summed E-state index contributed by atoms with van der Waals surface area (Å²) < 4.78 is 0. The van der Waals surface area contributed by atoms with Crippen LogP contribution >= 0.6 is 11.6 Å². The Morgan fingerprint density at radius 2 is 1.83 bits per heavy atom. The van der Waals surface area contributed by atoms with Crippen molar-refractivity contribution in [2.24, 2.45) is 5.92 Å². The Bertz CT molecular complexity index is 394. The Hall–Kier alpha value is -0.530. The van der Waals surface area contributed by atoms with Gasteiger partial charge < -0.3 is 5.32 Å². The van der Waals surface area contributed by atoms with Crippen molar-refractivity contribution in [3.8, 4) is 0 Å². The number of benzene rings is 1. The molecule has 1 aromatic carbocycles. The fourth-order valence-corrected chi connectivity index (χ4v) is 3.58. The van der Waals surface area contributed by atoms with E-state index in [9.17, 15) is 0 Å². The molecule has 0 aliphatic heterocycles. The summed E-state index contributed by atoms with van der Waals surface area (Å²) in [7, 11) is 0. The minimum atomic E-state index is 0.747. The zero-order valence-electron chi connectivity index (χ0n) is 11.0. The van der Waals surface area contributed by atoms with E-state index in [1.54, 1.807) is 0 Å². The van der Waals surface area contributed by atoms with Gasteiger partial charge in [0.15, 0.2) is 0 Å². The first kappa shape index (κ1) is 12.5. The van der Waals surface area contributed by atoms with Crippen molar-refractivity contribution in [1.82, 2.24) is 5.32 Å². The molecule has 0 amide bonds. The summed E-state index contributed by atoms with van der Waals surface area (Å²) in [6.07, 6.45) is 6.79. The smallest absolute Gasteiger partial charge is 0.0406 e. The Labute approximate surface area is 115 Å². The van der Waals surface area contributed by atoms with E-state index in [-0.39, 0.29) is 0 Å². The van der Waals surface area contributed by atoms with Crippen LogP contribution in [-0.2, 0) is 0 Å². The van der Waals surface area contributed by atoms with Crippen molar-refractivity contribution in [3.05, 3.63) is 34.9 Å². The fourth-order valence-electron chi connectivity index (χ4n) is 3.46. The predicted octanol–water partition coefficient (Wildman–Crippen LogP) is 4.36. The first-order chi connectivity index (χ1) is 8.72. The van der Waals surface area contributed by atoms with Crippen LogP contribution in [0.15, 0.2) is 24.3 Å². The molecule has 98 valence electrons. The highest BCUT2D eigenvalue weighted by molar-refractivity contribution is 6.30. The Morgan fingerprint density at radius 3 is 2.44 bits per heavy atom. The number of rotatable bonds is 3. The second-order valence-corrected chi connectivity index (χ2v) is 6.53. The number of hydrogen-bond donors (Lipinski definition) is 1. The minimum absolute atomic E-state index is 0.747. The van der Waals surface area contributed by atoms with E-state index in [1.807, 2.05) is 12.1 Å². The second-order valence-electron chi connectivity index (χ2n) is 6.10. The van der Waals surface area contributed by atoms with Crippen LogP contribution in [0.4, 0.5) is 0 Å². The predicted molar refractivity (Wildman–Crippen MR) is 77.2 cm³/mol. The monoisotopic (exact) mass is 263 g/mol. The summed E-state index contributed by atoms with van der Waals surface area (Å²) >= 11 is 5.92. The molecule has 2 aliphatic carbocycles. The maximum Gasteiger partial charge on any atom is 0.0406 e. The Kier molecular flexibility index (Phi) is 3.63. The van der Waals surface area contributed by atoms with Crippen LogP contribution in [0.25, 0.3) is 0 Å². The van der Waals surface area contributed by atoms with E-state index in [0.29, 0.717) is 0 Å². The third-order valence-corrected chi connectivity index (χ3v) is 5.04. The van der Waals surface area contributed by atoms with E-state index in [0.717, 1.165) is 28.9 Å². The highest BCUT2D eigenvalue weighted by atomic mass is 35.5. The lowest BCUT2D eigenvalue weighted by Crippen LogP contribution is -2.46. The van der Waals surface area contributed by atoms with Crippen LogP contribution in [0.5, 0.6) is 0 Å². The third kappa shape index (κ3) is 2.57. The average Bonchev–Trinajstić information content (AvgIpc) is 2.71. The second kappa shape index (κ2) is 5.22. The van der Waals surface area contributed by atoms with Crippen LogP contribution in [-0.4, -0.2) is 12.1 Å². The summed E-state index contributed by atoms with van der Waals surface area (Å²) in [6.45, 7) is 2.39. The molecule has 2 atom stereocenters. The molecule has 0 bridgehead atoms. The Morgan fingerprint density at radius 1 is 1.11 bits per heavy atom. The van der Waals surface area contributed by atoms with E-state index in [4.69, 9.17) is 11.6 Å². The van der Waals surface area contributed by atoms with Gasteiger partial charge in [0.1, 0.15) is 0 Å². The van der Waals surface area contributed by atoms with Gasteiger partial charge in [0, 0.05) is 17.1 Å². The van der Waals surface area contributed by atoms with Crippen LogP contribution in [0.3, 0.4) is 0 Å². The molecule has 0 saturated heterocycles. The van der Waals surface area contributed by atoms with Gasteiger partial charge in [0.05, 0.1) is 0 Å². The van der Waals surface area contributed by atoms with Crippen LogP contribution in [0.2, 0.25) is 5.02 Å². The first-order valence-electron chi connectivity index (χ1n) is 7.24. The summed E-state index contributed by atoms with van der Waals surface area (Å²) in [4.78, 5) is 0. The SMILES string of the molecule is CC1CCCC1NC1CC(c2ccc(Cl)cc2)C1. The van der Waals surface area contributed by atoms with E-state index in [2.05, 4.69) is 24.4 Å². The zero-order valence-corrected chi connectivity index (χ0v) is 11.8. The Balaban J connectivity index is 1.49. The molecule has 1 aromatic rings. The van der Waals surface area contributed by atoms with E-state index >= 15 is 0 Å². The molecule has 2 fully saturated rings. The van der Waals surface area contributed by atoms with Crippen LogP contribution < -0.4 is 5.32 Å². The molecule has 1 N–H and O–H groups in total. The molecule has 2 saturated carbocycles. The van der Waals surface area contributed by atoms with Crippen molar-refractivity contribution in [2.75, 3.05) is 0 Å². The number of hydrogen-bond acceptors (Lipinski definition) is 1. The van der Waals surface area contributed by atoms with Crippen LogP contribution in [0.1, 0.15) is 50.5 Å². The largest absolute Gasteiger partial charge is 0.311 e. The van der Waals surface area contributed by atoms with Crippen molar-refractivity contribution in [3.63, 3.8) is 0 Å². The first-order valence-corrected chi connectivity index (χ1v) is 7.61. The average molecular weight is 264 g/mol. The molecule has 2 aliphatic rings. The molecule has 0 radical (unpaired) electrons. The summed E-state index contributed by atoms with van der Waals surface area (Å²) in [5.74, 6) is 1.62. The molecule has 2 unspecified atom stereocenters. The quantitative estimate of drug-likeness (QED) is 0.854. The van der Waals surface area contributed by atoms with Gasteiger partial charge in [-0.05, 0) is 55.2 Å². The summed E-state index contributed by atoms with van der Waals surface area (Å²) in [5, 5.41) is 4.69. The third-order valence-electron chi connectivity index (χ3n) is 4.79. The normalized spacial score (nSPS) is 35.4. The van der Waals surface area contributed by atoms with Gasteiger partial charge in [-0.15, -0.1) is 0 Å². The van der Waals surface area contributed by atoms with E-state index < -0.39 is 0 Å². The number of halogens is 1. The highest BCUT2D eigenvalue weighted by Crippen LogP contribution is 2.38. The molecule has 0 aromatic heterocycles. The minimum Gasteiger partial charge on any atom is -0.311 e. The van der Waals surface area contributed by atoms with Gasteiger partial charge >= 0.3 is 0 Å². The molecule has 0 spiro atoms. The van der Waals surface area contributed by atoms with Gasteiger partial charge in [0.25, 0.3) is 0 Å². The van der Waals surface area contributed by atoms with Gasteiger partial charge in [-0.1, -0.05) is 37.1 Å². The molecular formula is C16H22ClN. The van der Waals surface area contributed by atoms with Crippen molar-refractivity contribution >= 4 is 11.6 Å².